The number of nitrogens with one attached hydrogen (secondary N) is 1. The van der Waals surface area contributed by atoms with Gasteiger partial charge < -0.3 is 19.7 Å². The van der Waals surface area contributed by atoms with E-state index in [9.17, 15) is 4.79 Å². The summed E-state index contributed by atoms with van der Waals surface area (Å²) in [7, 11) is 3.02. The van der Waals surface area contributed by atoms with Gasteiger partial charge in [0.05, 0.1) is 37.4 Å². The van der Waals surface area contributed by atoms with Gasteiger partial charge in [0.1, 0.15) is 12.7 Å². The topological polar surface area (TPSA) is 74.6 Å². The van der Waals surface area contributed by atoms with Crippen molar-refractivity contribution in [1.29, 1.82) is 5.26 Å². The van der Waals surface area contributed by atoms with E-state index in [-0.39, 0.29) is 18.3 Å². The van der Waals surface area contributed by atoms with Gasteiger partial charge in [0.25, 0.3) is 5.91 Å². The number of halogens is 1. The summed E-state index contributed by atoms with van der Waals surface area (Å²) >= 11 is 5.85. The molecular formula is C13H14ClN3O3. The molecule has 1 aliphatic heterocycles. The quantitative estimate of drug-likeness (QED) is 0.675. The minimum atomic E-state index is -0.422. The molecule has 0 saturated heterocycles. The average molecular weight is 296 g/mol. The Morgan fingerprint density at radius 1 is 1.40 bits per heavy atom. The highest BCUT2D eigenvalue weighted by Crippen LogP contribution is 2.36. The Balaban J connectivity index is 2.49. The number of amides is 1. The molecule has 1 aliphatic rings. The van der Waals surface area contributed by atoms with Gasteiger partial charge in [0.15, 0.2) is 11.5 Å². The molecule has 1 aromatic rings. The number of ether oxygens (including phenoxy) is 2. The average Bonchev–Trinajstić information content (AvgIpc) is 2.48. The first-order valence-corrected chi connectivity index (χ1v) is 6.46. The Kier molecular flexibility index (Phi) is 4.20. The number of alkyl halides is 1. The maximum atomic E-state index is 12.4. The van der Waals surface area contributed by atoms with E-state index >= 15 is 0 Å². The lowest BCUT2D eigenvalue weighted by Gasteiger charge is -2.35. The summed E-state index contributed by atoms with van der Waals surface area (Å²) < 4.78 is 10.4. The zero-order valence-electron chi connectivity index (χ0n) is 11.1. The molecular weight excluding hydrogens is 282 g/mol. The van der Waals surface area contributed by atoms with E-state index < -0.39 is 6.17 Å². The fourth-order valence-electron chi connectivity index (χ4n) is 2.11. The van der Waals surface area contributed by atoms with Crippen molar-refractivity contribution in [2.75, 3.05) is 32.0 Å². The highest BCUT2D eigenvalue weighted by atomic mass is 35.5. The predicted octanol–water partition coefficient (Wildman–Crippen LogP) is 1.66. The van der Waals surface area contributed by atoms with Gasteiger partial charge in [-0.05, 0) is 6.07 Å². The van der Waals surface area contributed by atoms with E-state index in [0.29, 0.717) is 22.7 Å². The summed E-state index contributed by atoms with van der Waals surface area (Å²) in [5.41, 5.74) is 1.05. The predicted molar refractivity (Wildman–Crippen MR) is 74.3 cm³/mol. The fraction of sp³-hybridized carbons (Fsp3) is 0.385. The SMILES string of the molecule is COc1cc2c(cc1OC)C(=O)N(CC#N)C(CCl)N2. The van der Waals surface area contributed by atoms with Crippen LogP contribution >= 0.6 is 11.6 Å². The number of hydrogen-bond donors (Lipinski definition) is 1. The molecule has 0 radical (unpaired) electrons. The number of methoxy groups -OCH3 is 2. The lowest BCUT2D eigenvalue weighted by Crippen LogP contribution is -2.50. The Morgan fingerprint density at radius 2 is 2.05 bits per heavy atom. The summed E-state index contributed by atoms with van der Waals surface area (Å²) in [6.07, 6.45) is -0.422. The maximum Gasteiger partial charge on any atom is 0.258 e. The number of hydrogen-bond acceptors (Lipinski definition) is 5. The highest BCUT2D eigenvalue weighted by Gasteiger charge is 2.32. The van der Waals surface area contributed by atoms with Crippen molar-refractivity contribution in [3.05, 3.63) is 17.7 Å². The van der Waals surface area contributed by atoms with E-state index in [1.165, 1.54) is 19.1 Å². The van der Waals surface area contributed by atoms with Gasteiger partial charge in [-0.1, -0.05) is 0 Å². The molecule has 0 bridgehead atoms. The van der Waals surface area contributed by atoms with Crippen LogP contribution in [0.5, 0.6) is 11.5 Å². The van der Waals surface area contributed by atoms with Gasteiger partial charge in [-0.2, -0.15) is 5.26 Å². The molecule has 20 heavy (non-hydrogen) atoms. The Hall–Kier alpha value is -2.13. The van der Waals surface area contributed by atoms with Gasteiger partial charge in [-0.3, -0.25) is 4.79 Å². The van der Waals surface area contributed by atoms with E-state index in [1.807, 2.05) is 6.07 Å². The van der Waals surface area contributed by atoms with Crippen LogP contribution in [0.4, 0.5) is 5.69 Å². The van der Waals surface area contributed by atoms with E-state index in [0.717, 1.165) is 0 Å². The van der Waals surface area contributed by atoms with Crippen LogP contribution in [0.2, 0.25) is 0 Å². The molecule has 1 amide bonds. The molecule has 1 unspecified atom stereocenters. The first kappa shape index (κ1) is 14.3. The number of anilines is 1. The third-order valence-corrected chi connectivity index (χ3v) is 3.39. The van der Waals surface area contributed by atoms with Crippen molar-refractivity contribution in [3.63, 3.8) is 0 Å². The zero-order chi connectivity index (χ0) is 14.7. The standard InChI is InChI=1S/C13H14ClN3O3/c1-19-10-5-8-9(6-11(10)20-2)16-12(7-14)17(4-3-15)13(8)18/h5-6,12,16H,4,7H2,1-2H3. The van der Waals surface area contributed by atoms with Crippen molar-refractivity contribution >= 4 is 23.2 Å². The molecule has 0 aliphatic carbocycles. The minimum absolute atomic E-state index is 0.0307. The molecule has 1 aromatic carbocycles. The number of carbonyl (C=O) groups is 1. The third-order valence-electron chi connectivity index (χ3n) is 3.10. The molecule has 1 N–H and O–H groups in total. The Bertz CT molecular complexity index is 571. The molecule has 7 heteroatoms. The molecule has 0 aromatic heterocycles. The van der Waals surface area contributed by atoms with Crippen LogP contribution in [0.1, 0.15) is 10.4 Å². The van der Waals surface area contributed by atoms with Crippen molar-refractivity contribution in [2.24, 2.45) is 0 Å². The molecule has 1 heterocycles. The summed E-state index contributed by atoms with van der Waals surface area (Å²) in [5.74, 6) is 0.907. The molecule has 6 nitrogen and oxygen atoms in total. The van der Waals surface area contributed by atoms with E-state index in [1.54, 1.807) is 12.1 Å². The Labute approximate surface area is 121 Å². The second-order valence-corrected chi connectivity index (χ2v) is 4.47. The lowest BCUT2D eigenvalue weighted by atomic mass is 10.1. The van der Waals surface area contributed by atoms with Crippen LogP contribution in [0.25, 0.3) is 0 Å². The number of carbonyl (C=O) groups excluding carboxylic acids is 1. The van der Waals surface area contributed by atoms with Crippen molar-refractivity contribution < 1.29 is 14.3 Å². The first-order chi connectivity index (χ1) is 9.65. The van der Waals surface area contributed by atoms with Crippen molar-refractivity contribution in [3.8, 4) is 17.6 Å². The smallest absolute Gasteiger partial charge is 0.258 e. The number of rotatable bonds is 4. The van der Waals surface area contributed by atoms with Crippen LogP contribution in [0.15, 0.2) is 12.1 Å². The zero-order valence-corrected chi connectivity index (χ0v) is 11.9. The normalized spacial score (nSPS) is 17.0. The largest absolute Gasteiger partial charge is 0.493 e. The number of nitriles is 1. The van der Waals surface area contributed by atoms with Gasteiger partial charge >= 0.3 is 0 Å². The van der Waals surface area contributed by atoms with Crippen molar-refractivity contribution in [2.45, 2.75) is 6.17 Å². The van der Waals surface area contributed by atoms with Crippen LogP contribution in [0, 0.1) is 11.3 Å². The van der Waals surface area contributed by atoms with E-state index in [4.69, 9.17) is 26.3 Å². The number of fused-ring (bicyclic) bond motifs is 1. The van der Waals surface area contributed by atoms with E-state index in [2.05, 4.69) is 5.32 Å². The molecule has 0 saturated carbocycles. The lowest BCUT2D eigenvalue weighted by molar-refractivity contribution is 0.0725. The molecule has 106 valence electrons. The van der Waals surface area contributed by atoms with Crippen LogP contribution in [0.3, 0.4) is 0 Å². The summed E-state index contributed by atoms with van der Waals surface area (Å²) in [6, 6.07) is 5.25. The first-order valence-electron chi connectivity index (χ1n) is 5.92. The maximum absolute atomic E-state index is 12.4. The van der Waals surface area contributed by atoms with Crippen LogP contribution in [-0.4, -0.2) is 43.6 Å². The fourth-order valence-corrected chi connectivity index (χ4v) is 2.35. The molecule has 1 atom stereocenters. The van der Waals surface area contributed by atoms with Gasteiger partial charge in [0.2, 0.25) is 0 Å². The van der Waals surface area contributed by atoms with Crippen LogP contribution < -0.4 is 14.8 Å². The molecule has 0 spiro atoms. The van der Waals surface area contributed by atoms with Crippen LogP contribution in [-0.2, 0) is 0 Å². The van der Waals surface area contributed by atoms with Crippen molar-refractivity contribution in [1.82, 2.24) is 4.90 Å². The second-order valence-electron chi connectivity index (χ2n) is 4.16. The number of nitrogens with zero attached hydrogens (tertiary/aromatic N) is 2. The van der Waals surface area contributed by atoms with Gasteiger partial charge in [-0.25, -0.2) is 0 Å². The summed E-state index contributed by atoms with van der Waals surface area (Å²) in [5, 5.41) is 11.9. The second kappa shape index (κ2) is 5.88. The highest BCUT2D eigenvalue weighted by molar-refractivity contribution is 6.19. The molecule has 0 fully saturated rings. The number of benzene rings is 1. The monoisotopic (exact) mass is 295 g/mol. The third kappa shape index (κ3) is 2.32. The summed E-state index contributed by atoms with van der Waals surface area (Å²) in [4.78, 5) is 13.8. The van der Waals surface area contributed by atoms with Gasteiger partial charge in [-0.15, -0.1) is 11.6 Å². The van der Waals surface area contributed by atoms with Gasteiger partial charge in [0, 0.05) is 6.07 Å². The molecule has 2 rings (SSSR count). The minimum Gasteiger partial charge on any atom is -0.493 e. The summed E-state index contributed by atoms with van der Waals surface area (Å²) in [6.45, 7) is -0.0307. The Morgan fingerprint density at radius 3 is 2.60 bits per heavy atom.